The monoisotopic (exact) mass is 352 g/mol. The molecule has 0 N–H and O–H groups in total. The minimum atomic E-state index is -3.76. The molecular formula is C17H18F2N2O2S. The minimum absolute atomic E-state index is 0.0510. The normalized spacial score (nSPS) is 20.2. The van der Waals surface area contributed by atoms with E-state index in [2.05, 4.69) is 0 Å². The molecule has 0 radical (unpaired) electrons. The molecule has 24 heavy (non-hydrogen) atoms. The number of likely N-dealkylation sites (N-methyl/N-ethyl adjacent to an activating group) is 1. The molecule has 0 aromatic heterocycles. The average molecular weight is 352 g/mol. The third kappa shape index (κ3) is 3.33. The second kappa shape index (κ2) is 6.58. The van der Waals surface area contributed by atoms with E-state index in [0.717, 1.165) is 11.6 Å². The zero-order valence-corrected chi connectivity index (χ0v) is 14.0. The van der Waals surface area contributed by atoms with Crippen LogP contribution >= 0.6 is 0 Å². The number of nitrogens with zero attached hydrogens (tertiary/aromatic N) is 2. The minimum Gasteiger partial charge on any atom is -0.297 e. The zero-order valence-electron chi connectivity index (χ0n) is 13.2. The van der Waals surface area contributed by atoms with E-state index in [0.29, 0.717) is 13.1 Å². The maximum Gasteiger partial charge on any atom is 0.243 e. The second-order valence-electron chi connectivity index (χ2n) is 5.87. The highest BCUT2D eigenvalue weighted by Gasteiger charge is 2.33. The van der Waals surface area contributed by atoms with Crippen LogP contribution in [0.1, 0.15) is 11.6 Å². The lowest BCUT2D eigenvalue weighted by molar-refractivity contribution is 0.148. The molecule has 3 rings (SSSR count). The molecule has 0 amide bonds. The lowest BCUT2D eigenvalue weighted by atomic mass is 10.0. The summed E-state index contributed by atoms with van der Waals surface area (Å²) in [6, 6.07) is 10.9. The third-order valence-corrected chi connectivity index (χ3v) is 6.16. The molecule has 0 saturated carbocycles. The molecule has 1 fully saturated rings. The predicted molar refractivity (Wildman–Crippen MR) is 86.9 cm³/mol. The molecule has 1 saturated heterocycles. The summed E-state index contributed by atoms with van der Waals surface area (Å²) in [6.07, 6.45) is 0. The molecule has 0 spiro atoms. The number of halogens is 2. The largest absolute Gasteiger partial charge is 0.297 e. The van der Waals surface area contributed by atoms with Gasteiger partial charge in [-0.1, -0.05) is 18.2 Å². The van der Waals surface area contributed by atoms with E-state index in [1.54, 1.807) is 12.1 Å². The van der Waals surface area contributed by atoms with Crippen LogP contribution in [0.3, 0.4) is 0 Å². The lowest BCUT2D eigenvalue weighted by Crippen LogP contribution is -2.48. The highest BCUT2D eigenvalue weighted by Crippen LogP contribution is 2.28. The molecule has 1 aliphatic heterocycles. The van der Waals surface area contributed by atoms with Crippen molar-refractivity contribution in [1.82, 2.24) is 9.21 Å². The van der Waals surface area contributed by atoms with E-state index < -0.39 is 15.8 Å². The number of hydrogen-bond donors (Lipinski definition) is 0. The van der Waals surface area contributed by atoms with Gasteiger partial charge in [0, 0.05) is 25.7 Å². The van der Waals surface area contributed by atoms with Gasteiger partial charge in [-0.25, -0.2) is 17.2 Å². The number of hydrogen-bond acceptors (Lipinski definition) is 3. The predicted octanol–water partition coefficient (Wildman–Crippen LogP) is 2.64. The first-order valence-corrected chi connectivity index (χ1v) is 9.03. The molecule has 2 aromatic carbocycles. The smallest absolute Gasteiger partial charge is 0.243 e. The molecule has 1 atom stereocenters. The summed E-state index contributed by atoms with van der Waals surface area (Å²) in [5, 5.41) is 0. The molecule has 7 heteroatoms. The highest BCUT2D eigenvalue weighted by molar-refractivity contribution is 7.89. The maximum atomic E-state index is 13.4. The van der Waals surface area contributed by atoms with Gasteiger partial charge in [-0.15, -0.1) is 0 Å². The average Bonchev–Trinajstić information content (AvgIpc) is 2.56. The van der Waals surface area contributed by atoms with Gasteiger partial charge >= 0.3 is 0 Å². The van der Waals surface area contributed by atoms with Crippen LogP contribution in [0, 0.1) is 11.6 Å². The lowest BCUT2D eigenvalue weighted by Gasteiger charge is -2.39. The molecule has 0 unspecified atom stereocenters. The molecule has 4 nitrogen and oxygen atoms in total. The van der Waals surface area contributed by atoms with E-state index in [1.807, 2.05) is 11.9 Å². The molecule has 128 valence electrons. The van der Waals surface area contributed by atoms with Crippen molar-refractivity contribution in [1.29, 1.82) is 0 Å². The van der Waals surface area contributed by atoms with Crippen molar-refractivity contribution in [3.8, 4) is 0 Å². The summed E-state index contributed by atoms with van der Waals surface area (Å²) in [6.45, 7) is 1.10. The van der Waals surface area contributed by atoms with E-state index in [9.17, 15) is 17.2 Å². The van der Waals surface area contributed by atoms with Crippen LogP contribution < -0.4 is 0 Å². The fraction of sp³-hybridized carbons (Fsp3) is 0.294. The van der Waals surface area contributed by atoms with Crippen molar-refractivity contribution in [2.75, 3.05) is 26.7 Å². The Morgan fingerprint density at radius 2 is 1.71 bits per heavy atom. The van der Waals surface area contributed by atoms with Gasteiger partial charge in [0.15, 0.2) is 0 Å². The van der Waals surface area contributed by atoms with Gasteiger partial charge in [0.25, 0.3) is 0 Å². The van der Waals surface area contributed by atoms with Crippen LogP contribution in [0.4, 0.5) is 8.78 Å². The van der Waals surface area contributed by atoms with Crippen molar-refractivity contribution in [2.24, 2.45) is 0 Å². The summed E-state index contributed by atoms with van der Waals surface area (Å²) in [4.78, 5) is 1.98. The van der Waals surface area contributed by atoms with E-state index >= 15 is 0 Å². The van der Waals surface area contributed by atoms with Crippen LogP contribution in [0.5, 0.6) is 0 Å². The molecule has 1 heterocycles. The van der Waals surface area contributed by atoms with Crippen LogP contribution in [0.2, 0.25) is 0 Å². The quantitative estimate of drug-likeness (QED) is 0.853. The number of sulfonamides is 1. The first-order valence-electron chi connectivity index (χ1n) is 7.59. The fourth-order valence-electron chi connectivity index (χ4n) is 2.89. The Morgan fingerprint density at radius 3 is 2.38 bits per heavy atom. The summed E-state index contributed by atoms with van der Waals surface area (Å²) < 4.78 is 53.4. The van der Waals surface area contributed by atoms with Gasteiger partial charge in [0.05, 0.1) is 4.90 Å². The zero-order chi connectivity index (χ0) is 17.3. The summed E-state index contributed by atoms with van der Waals surface area (Å²) in [5.74, 6) is -0.915. The van der Waals surface area contributed by atoms with Gasteiger partial charge in [0.2, 0.25) is 10.0 Å². The molecule has 0 bridgehead atoms. The van der Waals surface area contributed by atoms with Crippen LogP contribution in [0.15, 0.2) is 53.4 Å². The Hall–Kier alpha value is -1.83. The Kier molecular flexibility index (Phi) is 4.67. The van der Waals surface area contributed by atoms with E-state index in [4.69, 9.17) is 0 Å². The maximum absolute atomic E-state index is 13.4. The highest BCUT2D eigenvalue weighted by atomic mass is 32.2. The second-order valence-corrected chi connectivity index (χ2v) is 7.81. The van der Waals surface area contributed by atoms with Crippen molar-refractivity contribution in [2.45, 2.75) is 10.9 Å². The van der Waals surface area contributed by atoms with Crippen molar-refractivity contribution >= 4 is 10.0 Å². The van der Waals surface area contributed by atoms with Gasteiger partial charge in [-0.3, -0.25) is 4.90 Å². The molecular weight excluding hydrogens is 334 g/mol. The fourth-order valence-corrected chi connectivity index (χ4v) is 4.36. The van der Waals surface area contributed by atoms with Crippen LogP contribution in [-0.4, -0.2) is 44.3 Å². The van der Waals surface area contributed by atoms with Gasteiger partial charge in [-0.2, -0.15) is 4.31 Å². The van der Waals surface area contributed by atoms with Gasteiger partial charge in [-0.05, 0) is 42.9 Å². The van der Waals surface area contributed by atoms with E-state index in [1.165, 1.54) is 34.6 Å². The number of piperazine rings is 1. The van der Waals surface area contributed by atoms with Gasteiger partial charge < -0.3 is 0 Å². The standard InChI is InChI=1S/C17H18F2N2O2S/c1-20-9-10-21(12-17(20)13-5-7-14(18)8-6-13)24(22,23)16-4-2-3-15(19)11-16/h2-8,11,17H,9-10,12H2,1H3/t17-/m1/s1. The Labute approximate surface area is 140 Å². The molecule has 0 aliphatic carbocycles. The van der Waals surface area contributed by atoms with Gasteiger partial charge in [0.1, 0.15) is 11.6 Å². The molecule has 2 aromatic rings. The number of benzene rings is 2. The summed E-state index contributed by atoms with van der Waals surface area (Å²) >= 11 is 0. The number of rotatable bonds is 3. The Bertz CT molecular complexity index is 825. The Morgan fingerprint density at radius 1 is 1.00 bits per heavy atom. The first kappa shape index (κ1) is 17.0. The first-order chi connectivity index (χ1) is 11.4. The molecule has 1 aliphatic rings. The Balaban J connectivity index is 1.88. The van der Waals surface area contributed by atoms with Crippen molar-refractivity contribution in [3.63, 3.8) is 0 Å². The third-order valence-electron chi connectivity index (χ3n) is 4.30. The van der Waals surface area contributed by atoms with E-state index in [-0.39, 0.29) is 23.3 Å². The van der Waals surface area contributed by atoms with Crippen molar-refractivity contribution in [3.05, 3.63) is 65.7 Å². The summed E-state index contributed by atoms with van der Waals surface area (Å²) in [5.41, 5.74) is 0.845. The SMILES string of the molecule is CN1CCN(S(=O)(=O)c2cccc(F)c2)C[C@@H]1c1ccc(F)cc1. The topological polar surface area (TPSA) is 40.6 Å². The van der Waals surface area contributed by atoms with Crippen LogP contribution in [0.25, 0.3) is 0 Å². The van der Waals surface area contributed by atoms with Crippen molar-refractivity contribution < 1.29 is 17.2 Å². The van der Waals surface area contributed by atoms with Crippen LogP contribution in [-0.2, 0) is 10.0 Å². The summed E-state index contributed by atoms with van der Waals surface area (Å²) in [7, 11) is -1.86.